The number of carbonyl (C=O) groups excluding carboxylic acids is 1. The molecule has 1 aliphatic heterocycles. The Morgan fingerprint density at radius 2 is 1.86 bits per heavy atom. The van der Waals surface area contributed by atoms with E-state index >= 15 is 0 Å². The molecule has 21 heavy (non-hydrogen) atoms. The van der Waals surface area contributed by atoms with Gasteiger partial charge in [0.1, 0.15) is 5.78 Å². The lowest BCUT2D eigenvalue weighted by atomic mass is 10.0. The molecule has 0 spiro atoms. The molecule has 1 heterocycles. The van der Waals surface area contributed by atoms with Crippen LogP contribution in [-0.4, -0.2) is 11.8 Å². The van der Waals surface area contributed by atoms with Crippen molar-refractivity contribution in [2.75, 3.05) is 5.32 Å². The largest absolute Gasteiger partial charge is 0.381 e. The second-order valence-corrected chi connectivity index (χ2v) is 5.59. The van der Waals surface area contributed by atoms with Gasteiger partial charge in [-0.2, -0.15) is 0 Å². The summed E-state index contributed by atoms with van der Waals surface area (Å²) in [4.78, 5) is 11.9. The predicted molar refractivity (Wildman–Crippen MR) is 88.2 cm³/mol. The number of carbonyl (C=O) groups is 1. The molecule has 106 valence electrons. The first-order chi connectivity index (χ1) is 10.2. The average Bonchev–Trinajstić information content (AvgIpc) is 2.63. The van der Waals surface area contributed by atoms with Gasteiger partial charge in [0.15, 0.2) is 0 Å². The summed E-state index contributed by atoms with van der Waals surface area (Å²) in [5.41, 5.74) is 4.51. The van der Waals surface area contributed by atoms with Crippen LogP contribution in [0.4, 0.5) is 5.69 Å². The second kappa shape index (κ2) is 5.96. The Bertz CT molecular complexity index is 673. The Labute approximate surface area is 125 Å². The van der Waals surface area contributed by atoms with Gasteiger partial charge in [-0.15, -0.1) is 0 Å². The molecule has 0 saturated carbocycles. The first-order valence-electron chi connectivity index (χ1n) is 7.35. The number of fused-ring (bicyclic) bond motifs is 1. The Hall–Kier alpha value is -2.35. The molecular weight excluding hydrogens is 258 g/mol. The standard InChI is InChI=1S/C19H19NO/c1-14-12-18(21)13-17-9-5-8-16(19(17)20-14)11-10-15-6-3-2-4-7-15/h2-11,14,20H,12-13H2,1H3/b11-10+/t14-/m1/s1. The quantitative estimate of drug-likeness (QED) is 0.835. The van der Waals surface area contributed by atoms with Gasteiger partial charge in [-0.3, -0.25) is 4.79 Å². The van der Waals surface area contributed by atoms with E-state index in [1.165, 1.54) is 5.56 Å². The van der Waals surface area contributed by atoms with Gasteiger partial charge in [0.2, 0.25) is 0 Å². The minimum absolute atomic E-state index is 0.185. The molecule has 0 bridgehead atoms. The van der Waals surface area contributed by atoms with E-state index in [4.69, 9.17) is 0 Å². The first kappa shape index (κ1) is 13.6. The summed E-state index contributed by atoms with van der Waals surface area (Å²) in [5.74, 6) is 0.304. The summed E-state index contributed by atoms with van der Waals surface area (Å²) >= 11 is 0. The fourth-order valence-corrected chi connectivity index (χ4v) is 2.76. The van der Waals surface area contributed by atoms with Gasteiger partial charge < -0.3 is 5.32 Å². The van der Waals surface area contributed by atoms with Gasteiger partial charge in [0.05, 0.1) is 0 Å². The molecule has 0 unspecified atom stereocenters. The normalized spacial score (nSPS) is 18.1. The van der Waals surface area contributed by atoms with Crippen LogP contribution in [0.3, 0.4) is 0 Å². The van der Waals surface area contributed by atoms with Gasteiger partial charge in [-0.1, -0.05) is 60.7 Å². The highest BCUT2D eigenvalue weighted by atomic mass is 16.1. The number of Topliss-reactive ketones (excluding diaryl/α,β-unsaturated/α-hetero) is 1. The molecule has 1 N–H and O–H groups in total. The van der Waals surface area contributed by atoms with Gasteiger partial charge in [-0.05, 0) is 23.6 Å². The minimum Gasteiger partial charge on any atom is -0.381 e. The molecule has 0 radical (unpaired) electrons. The number of ketones is 1. The van der Waals surface area contributed by atoms with Crippen LogP contribution in [0.25, 0.3) is 12.2 Å². The Balaban J connectivity index is 1.95. The zero-order valence-electron chi connectivity index (χ0n) is 12.2. The second-order valence-electron chi connectivity index (χ2n) is 5.59. The third-order valence-corrected chi connectivity index (χ3v) is 3.75. The van der Waals surface area contributed by atoms with E-state index in [2.05, 4.69) is 42.6 Å². The van der Waals surface area contributed by atoms with E-state index in [0.29, 0.717) is 18.6 Å². The molecule has 2 heteroatoms. The smallest absolute Gasteiger partial charge is 0.139 e. The van der Waals surface area contributed by atoms with E-state index < -0.39 is 0 Å². The SMILES string of the molecule is C[C@@H]1CC(=O)Cc2cccc(/C=C/c3ccccc3)c2N1. The highest BCUT2D eigenvalue weighted by Crippen LogP contribution is 2.28. The molecule has 2 aromatic rings. The molecule has 3 rings (SSSR count). The number of hydrogen-bond donors (Lipinski definition) is 1. The zero-order valence-corrected chi connectivity index (χ0v) is 12.2. The van der Waals surface area contributed by atoms with E-state index in [9.17, 15) is 4.79 Å². The van der Waals surface area contributed by atoms with Crippen LogP contribution in [0.5, 0.6) is 0 Å². The summed E-state index contributed by atoms with van der Waals surface area (Å²) in [6.45, 7) is 2.06. The molecule has 0 aliphatic carbocycles. The topological polar surface area (TPSA) is 29.1 Å². The first-order valence-corrected chi connectivity index (χ1v) is 7.35. The van der Waals surface area contributed by atoms with Gasteiger partial charge >= 0.3 is 0 Å². The van der Waals surface area contributed by atoms with Crippen molar-refractivity contribution in [1.82, 2.24) is 0 Å². The maximum Gasteiger partial charge on any atom is 0.139 e. The lowest BCUT2D eigenvalue weighted by Gasteiger charge is -2.15. The summed E-state index contributed by atoms with van der Waals surface area (Å²) in [6, 6.07) is 16.6. The molecule has 1 aliphatic rings. The van der Waals surface area contributed by atoms with Crippen molar-refractivity contribution in [3.05, 3.63) is 65.2 Å². The summed E-state index contributed by atoms with van der Waals surface area (Å²) in [6.07, 6.45) is 5.34. The Morgan fingerprint density at radius 3 is 2.67 bits per heavy atom. The lowest BCUT2D eigenvalue weighted by Crippen LogP contribution is -2.17. The van der Waals surface area contributed by atoms with Crippen molar-refractivity contribution in [2.24, 2.45) is 0 Å². The van der Waals surface area contributed by atoms with Gasteiger partial charge in [0.25, 0.3) is 0 Å². The highest BCUT2D eigenvalue weighted by Gasteiger charge is 2.19. The third-order valence-electron chi connectivity index (χ3n) is 3.75. The van der Waals surface area contributed by atoms with Crippen LogP contribution in [-0.2, 0) is 11.2 Å². The van der Waals surface area contributed by atoms with Crippen LogP contribution in [0.15, 0.2) is 48.5 Å². The van der Waals surface area contributed by atoms with Crippen LogP contribution in [0, 0.1) is 0 Å². The lowest BCUT2D eigenvalue weighted by molar-refractivity contribution is -0.118. The van der Waals surface area contributed by atoms with Crippen molar-refractivity contribution in [1.29, 1.82) is 0 Å². The fraction of sp³-hybridized carbons (Fsp3) is 0.211. The number of anilines is 1. The van der Waals surface area contributed by atoms with E-state index in [0.717, 1.165) is 16.8 Å². The number of hydrogen-bond acceptors (Lipinski definition) is 2. The van der Waals surface area contributed by atoms with E-state index in [-0.39, 0.29) is 6.04 Å². The van der Waals surface area contributed by atoms with Gasteiger partial charge in [-0.25, -0.2) is 0 Å². The molecule has 2 nitrogen and oxygen atoms in total. The van der Waals surface area contributed by atoms with Gasteiger partial charge in [0, 0.05) is 24.6 Å². The van der Waals surface area contributed by atoms with Crippen LogP contribution in [0.1, 0.15) is 30.0 Å². The predicted octanol–water partition coefficient (Wildman–Crippen LogP) is 4.17. The molecule has 1 atom stereocenters. The maximum atomic E-state index is 11.9. The molecule has 0 saturated heterocycles. The summed E-state index contributed by atoms with van der Waals surface area (Å²) in [7, 11) is 0. The number of benzene rings is 2. The minimum atomic E-state index is 0.185. The van der Waals surface area contributed by atoms with E-state index in [1.54, 1.807) is 0 Å². The zero-order chi connectivity index (χ0) is 14.7. The van der Waals surface area contributed by atoms with Crippen molar-refractivity contribution in [2.45, 2.75) is 25.8 Å². The average molecular weight is 277 g/mol. The summed E-state index contributed by atoms with van der Waals surface area (Å²) < 4.78 is 0. The van der Waals surface area contributed by atoms with Crippen LogP contribution in [0.2, 0.25) is 0 Å². The Kier molecular flexibility index (Phi) is 3.87. The maximum absolute atomic E-state index is 11.9. The third kappa shape index (κ3) is 3.22. The van der Waals surface area contributed by atoms with Crippen LogP contribution >= 0.6 is 0 Å². The number of rotatable bonds is 2. The molecule has 0 aromatic heterocycles. The van der Waals surface area contributed by atoms with Crippen molar-refractivity contribution in [3.63, 3.8) is 0 Å². The van der Waals surface area contributed by atoms with E-state index in [1.807, 2.05) is 30.3 Å². The molecule has 0 amide bonds. The number of para-hydroxylation sites is 1. The van der Waals surface area contributed by atoms with Crippen molar-refractivity contribution >= 4 is 23.6 Å². The monoisotopic (exact) mass is 277 g/mol. The Morgan fingerprint density at radius 1 is 1.05 bits per heavy atom. The molecule has 2 aromatic carbocycles. The van der Waals surface area contributed by atoms with Crippen molar-refractivity contribution < 1.29 is 4.79 Å². The van der Waals surface area contributed by atoms with Crippen LogP contribution < -0.4 is 5.32 Å². The molecule has 0 fully saturated rings. The summed E-state index contributed by atoms with van der Waals surface area (Å²) in [5, 5.41) is 3.49. The highest BCUT2D eigenvalue weighted by molar-refractivity contribution is 5.88. The van der Waals surface area contributed by atoms with Crippen molar-refractivity contribution in [3.8, 4) is 0 Å². The molecular formula is C19H19NO. The number of nitrogens with one attached hydrogen (secondary N) is 1. The fourth-order valence-electron chi connectivity index (χ4n) is 2.76.